The van der Waals surface area contributed by atoms with E-state index in [-0.39, 0.29) is 5.91 Å². The summed E-state index contributed by atoms with van der Waals surface area (Å²) < 4.78 is 16.9. The topological polar surface area (TPSA) is 51.2 Å². The number of ether oxygens (including phenoxy) is 3. The van der Waals surface area contributed by atoms with Gasteiger partial charge in [-0.25, -0.2) is 0 Å². The van der Waals surface area contributed by atoms with Gasteiger partial charge in [-0.15, -0.1) is 0 Å². The second kappa shape index (κ2) is 10.5. The molecule has 33 heavy (non-hydrogen) atoms. The SMILES string of the molecule is COc1cc(C(=O)N2CCN(c3ccccc3OC)CC2)ccc1OCc1ccccc1Cl. The van der Waals surface area contributed by atoms with Crippen LogP contribution >= 0.6 is 11.6 Å². The number of carbonyl (C=O) groups excluding carboxylic acids is 1. The quantitative estimate of drug-likeness (QED) is 0.495. The number of piperazine rings is 1. The molecule has 4 rings (SSSR count). The maximum atomic E-state index is 13.1. The molecule has 0 radical (unpaired) electrons. The van der Waals surface area contributed by atoms with Crippen molar-refractivity contribution in [1.29, 1.82) is 0 Å². The second-order valence-electron chi connectivity index (χ2n) is 7.70. The Morgan fingerprint density at radius 3 is 2.27 bits per heavy atom. The predicted octanol–water partition coefficient (Wildman–Crippen LogP) is 4.90. The van der Waals surface area contributed by atoms with Crippen molar-refractivity contribution in [2.24, 2.45) is 0 Å². The highest BCUT2D eigenvalue weighted by Gasteiger charge is 2.24. The van der Waals surface area contributed by atoms with Gasteiger partial charge in [0.1, 0.15) is 12.4 Å². The normalized spacial score (nSPS) is 13.5. The fourth-order valence-corrected chi connectivity index (χ4v) is 4.11. The van der Waals surface area contributed by atoms with Crippen LogP contribution in [0.15, 0.2) is 66.7 Å². The zero-order chi connectivity index (χ0) is 23.2. The van der Waals surface area contributed by atoms with E-state index in [4.69, 9.17) is 25.8 Å². The number of rotatable bonds is 7. The number of nitrogens with zero attached hydrogens (tertiary/aromatic N) is 2. The van der Waals surface area contributed by atoms with Gasteiger partial charge >= 0.3 is 0 Å². The smallest absolute Gasteiger partial charge is 0.254 e. The molecule has 1 saturated heterocycles. The van der Waals surface area contributed by atoms with Gasteiger partial charge in [-0.3, -0.25) is 4.79 Å². The molecule has 1 aliphatic rings. The van der Waals surface area contributed by atoms with Crippen LogP contribution in [-0.2, 0) is 6.61 Å². The van der Waals surface area contributed by atoms with E-state index in [1.54, 1.807) is 32.4 Å². The summed E-state index contributed by atoms with van der Waals surface area (Å²) in [6, 6.07) is 20.8. The average Bonchev–Trinajstić information content (AvgIpc) is 2.87. The molecule has 3 aromatic carbocycles. The third kappa shape index (κ3) is 5.17. The molecule has 172 valence electrons. The van der Waals surface area contributed by atoms with E-state index in [0.29, 0.717) is 41.8 Å². The molecule has 0 N–H and O–H groups in total. The van der Waals surface area contributed by atoms with E-state index in [9.17, 15) is 4.79 Å². The second-order valence-corrected chi connectivity index (χ2v) is 8.10. The first-order valence-electron chi connectivity index (χ1n) is 10.8. The summed E-state index contributed by atoms with van der Waals surface area (Å²) in [5.74, 6) is 1.90. The molecule has 1 amide bonds. The third-order valence-corrected chi connectivity index (χ3v) is 6.11. The lowest BCUT2D eigenvalue weighted by atomic mass is 10.1. The van der Waals surface area contributed by atoms with E-state index in [1.807, 2.05) is 53.4 Å². The molecule has 0 bridgehead atoms. The molecule has 0 unspecified atom stereocenters. The molecule has 0 aromatic heterocycles. The monoisotopic (exact) mass is 466 g/mol. The Labute approximate surface area is 199 Å². The summed E-state index contributed by atoms with van der Waals surface area (Å²) in [4.78, 5) is 17.2. The van der Waals surface area contributed by atoms with Crippen molar-refractivity contribution >= 4 is 23.2 Å². The van der Waals surface area contributed by atoms with Gasteiger partial charge in [0.25, 0.3) is 5.91 Å². The molecule has 3 aromatic rings. The van der Waals surface area contributed by atoms with Crippen molar-refractivity contribution in [2.75, 3.05) is 45.3 Å². The maximum Gasteiger partial charge on any atom is 0.254 e. The van der Waals surface area contributed by atoms with Crippen LogP contribution in [0.4, 0.5) is 5.69 Å². The van der Waals surface area contributed by atoms with E-state index in [0.717, 1.165) is 30.1 Å². The lowest BCUT2D eigenvalue weighted by molar-refractivity contribution is 0.0746. The third-order valence-electron chi connectivity index (χ3n) is 5.74. The predicted molar refractivity (Wildman–Crippen MR) is 130 cm³/mol. The fourth-order valence-electron chi connectivity index (χ4n) is 3.91. The van der Waals surface area contributed by atoms with Gasteiger partial charge in [-0.1, -0.05) is 41.9 Å². The van der Waals surface area contributed by atoms with Crippen LogP contribution in [0.3, 0.4) is 0 Å². The van der Waals surface area contributed by atoms with E-state index in [1.165, 1.54) is 0 Å². The molecule has 1 aliphatic heterocycles. The van der Waals surface area contributed by atoms with Crippen LogP contribution in [-0.4, -0.2) is 51.2 Å². The fraction of sp³-hybridized carbons (Fsp3) is 0.269. The van der Waals surface area contributed by atoms with E-state index in [2.05, 4.69) is 4.90 Å². The molecule has 1 heterocycles. The molecule has 7 heteroatoms. The van der Waals surface area contributed by atoms with Gasteiger partial charge in [0.05, 0.1) is 19.9 Å². The van der Waals surface area contributed by atoms with Crippen LogP contribution in [0.1, 0.15) is 15.9 Å². The van der Waals surface area contributed by atoms with E-state index >= 15 is 0 Å². The molecule has 6 nitrogen and oxygen atoms in total. The van der Waals surface area contributed by atoms with Crippen molar-refractivity contribution in [3.8, 4) is 17.2 Å². The van der Waals surface area contributed by atoms with Crippen molar-refractivity contribution in [3.05, 3.63) is 82.9 Å². The lowest BCUT2D eigenvalue weighted by Gasteiger charge is -2.36. The zero-order valence-corrected chi connectivity index (χ0v) is 19.5. The van der Waals surface area contributed by atoms with Crippen LogP contribution in [0.5, 0.6) is 17.2 Å². The Kier molecular flexibility index (Phi) is 7.25. The standard InChI is InChI=1S/C26H27ClN2O4/c1-31-23-10-6-5-9-22(23)28-13-15-29(16-14-28)26(30)19-11-12-24(25(17-19)32-2)33-18-20-7-3-4-8-21(20)27/h3-12,17H,13-16,18H2,1-2H3. The zero-order valence-electron chi connectivity index (χ0n) is 18.8. The first-order chi connectivity index (χ1) is 16.1. The number of hydrogen-bond acceptors (Lipinski definition) is 5. The van der Waals surface area contributed by atoms with E-state index < -0.39 is 0 Å². The summed E-state index contributed by atoms with van der Waals surface area (Å²) in [5.41, 5.74) is 2.51. The number of halogens is 1. The summed E-state index contributed by atoms with van der Waals surface area (Å²) in [6.45, 7) is 3.05. The summed E-state index contributed by atoms with van der Waals surface area (Å²) in [5, 5.41) is 0.649. The molecule has 0 aliphatic carbocycles. The van der Waals surface area contributed by atoms with Gasteiger partial charge in [-0.2, -0.15) is 0 Å². The Bertz CT molecular complexity index is 1110. The van der Waals surface area contributed by atoms with Crippen LogP contribution in [0, 0.1) is 0 Å². The molecule has 0 atom stereocenters. The van der Waals surface area contributed by atoms with Gasteiger partial charge in [0, 0.05) is 42.3 Å². The minimum absolute atomic E-state index is 0.0226. The minimum Gasteiger partial charge on any atom is -0.495 e. The lowest BCUT2D eigenvalue weighted by Crippen LogP contribution is -2.48. The number of hydrogen-bond donors (Lipinski definition) is 0. The Morgan fingerprint density at radius 1 is 0.848 bits per heavy atom. The first-order valence-corrected chi connectivity index (χ1v) is 11.2. The van der Waals surface area contributed by atoms with Crippen LogP contribution in [0.2, 0.25) is 5.02 Å². The number of para-hydroxylation sites is 2. The Morgan fingerprint density at radius 2 is 1.55 bits per heavy atom. The van der Waals surface area contributed by atoms with Crippen LogP contribution in [0.25, 0.3) is 0 Å². The van der Waals surface area contributed by atoms with Gasteiger partial charge in [-0.05, 0) is 36.4 Å². The number of carbonyl (C=O) groups is 1. The number of anilines is 1. The maximum absolute atomic E-state index is 13.1. The van der Waals surface area contributed by atoms with Gasteiger partial charge < -0.3 is 24.0 Å². The van der Waals surface area contributed by atoms with Crippen molar-refractivity contribution in [1.82, 2.24) is 4.90 Å². The largest absolute Gasteiger partial charge is 0.495 e. The molecular formula is C26H27ClN2O4. The average molecular weight is 467 g/mol. The van der Waals surface area contributed by atoms with Gasteiger partial charge in [0.15, 0.2) is 11.5 Å². The van der Waals surface area contributed by atoms with Crippen LogP contribution < -0.4 is 19.1 Å². The molecular weight excluding hydrogens is 440 g/mol. The summed E-state index contributed by atoms with van der Waals surface area (Å²) in [7, 11) is 3.24. The summed E-state index contributed by atoms with van der Waals surface area (Å²) in [6.07, 6.45) is 0. The molecule has 0 spiro atoms. The molecule has 0 saturated carbocycles. The Balaban J connectivity index is 1.41. The Hall–Kier alpha value is -3.38. The number of amides is 1. The highest BCUT2D eigenvalue weighted by molar-refractivity contribution is 6.31. The van der Waals surface area contributed by atoms with Crippen molar-refractivity contribution in [3.63, 3.8) is 0 Å². The number of benzene rings is 3. The van der Waals surface area contributed by atoms with Crippen molar-refractivity contribution < 1.29 is 19.0 Å². The summed E-state index contributed by atoms with van der Waals surface area (Å²) >= 11 is 6.21. The number of methoxy groups -OCH3 is 2. The molecule has 1 fully saturated rings. The minimum atomic E-state index is -0.0226. The van der Waals surface area contributed by atoms with Gasteiger partial charge in [0.2, 0.25) is 0 Å². The first kappa shape index (κ1) is 22.8. The van der Waals surface area contributed by atoms with Crippen molar-refractivity contribution in [2.45, 2.75) is 6.61 Å². The highest BCUT2D eigenvalue weighted by Crippen LogP contribution is 2.31. The highest BCUT2D eigenvalue weighted by atomic mass is 35.5.